The maximum atomic E-state index is 5.41. The molecule has 0 aliphatic rings. The van der Waals surface area contributed by atoms with Crippen LogP contribution < -0.4 is 10.1 Å². The van der Waals surface area contributed by atoms with E-state index in [1.165, 1.54) is 0 Å². The predicted octanol–water partition coefficient (Wildman–Crippen LogP) is 3.37. The zero-order valence-corrected chi connectivity index (χ0v) is 13.3. The molecule has 1 aromatic carbocycles. The van der Waals surface area contributed by atoms with E-state index in [2.05, 4.69) is 20.4 Å². The second kappa shape index (κ2) is 6.48. The van der Waals surface area contributed by atoms with E-state index in [0.717, 1.165) is 34.1 Å². The Morgan fingerprint density at radius 2 is 2.04 bits per heavy atom. The van der Waals surface area contributed by atoms with Gasteiger partial charge in [-0.3, -0.25) is 0 Å². The lowest BCUT2D eigenvalue weighted by atomic mass is 10.1. The molecule has 23 heavy (non-hydrogen) atoms. The van der Waals surface area contributed by atoms with E-state index in [-0.39, 0.29) is 0 Å². The first kappa shape index (κ1) is 15.0. The van der Waals surface area contributed by atoms with Gasteiger partial charge in [-0.1, -0.05) is 17.3 Å². The zero-order valence-electron chi connectivity index (χ0n) is 13.3. The van der Waals surface area contributed by atoms with Crippen molar-refractivity contribution in [2.75, 3.05) is 12.4 Å². The zero-order chi connectivity index (χ0) is 16.2. The molecule has 6 heteroatoms. The van der Waals surface area contributed by atoms with Crippen molar-refractivity contribution in [3.63, 3.8) is 0 Å². The van der Waals surface area contributed by atoms with Gasteiger partial charge in [0, 0.05) is 22.9 Å². The molecule has 0 fully saturated rings. The van der Waals surface area contributed by atoms with Crippen LogP contribution in [0.15, 0.2) is 41.2 Å². The minimum Gasteiger partial charge on any atom is -0.497 e. The third-order valence-corrected chi connectivity index (χ3v) is 3.69. The van der Waals surface area contributed by atoms with E-state index in [9.17, 15) is 0 Å². The summed E-state index contributed by atoms with van der Waals surface area (Å²) in [6.07, 6.45) is 1.55. The van der Waals surface area contributed by atoms with Gasteiger partial charge in [-0.25, -0.2) is 9.97 Å². The minimum atomic E-state index is 0.533. The summed E-state index contributed by atoms with van der Waals surface area (Å²) in [6.45, 7) is 4.48. The van der Waals surface area contributed by atoms with Crippen LogP contribution in [0.1, 0.15) is 17.0 Å². The van der Waals surface area contributed by atoms with Crippen molar-refractivity contribution in [1.82, 2.24) is 15.1 Å². The number of nitrogens with one attached hydrogen (secondary N) is 1. The lowest BCUT2D eigenvalue weighted by Gasteiger charge is -2.07. The fourth-order valence-electron chi connectivity index (χ4n) is 2.20. The van der Waals surface area contributed by atoms with Crippen LogP contribution in [0.5, 0.6) is 5.75 Å². The van der Waals surface area contributed by atoms with Gasteiger partial charge in [0.25, 0.3) is 0 Å². The summed E-state index contributed by atoms with van der Waals surface area (Å²) >= 11 is 0. The van der Waals surface area contributed by atoms with Crippen LogP contribution in [0, 0.1) is 13.8 Å². The Hall–Kier alpha value is -2.89. The monoisotopic (exact) mass is 310 g/mol. The average molecular weight is 310 g/mol. The van der Waals surface area contributed by atoms with Crippen molar-refractivity contribution in [1.29, 1.82) is 0 Å². The summed E-state index contributed by atoms with van der Waals surface area (Å²) in [5, 5.41) is 7.35. The molecule has 3 aromatic rings. The molecule has 0 saturated carbocycles. The van der Waals surface area contributed by atoms with Crippen molar-refractivity contribution < 1.29 is 9.26 Å². The van der Waals surface area contributed by atoms with Crippen molar-refractivity contribution in [3.05, 3.63) is 53.6 Å². The Kier molecular flexibility index (Phi) is 4.23. The molecule has 0 atom stereocenters. The molecule has 0 amide bonds. The Morgan fingerprint density at radius 3 is 2.87 bits per heavy atom. The highest BCUT2D eigenvalue weighted by Crippen LogP contribution is 2.24. The number of benzene rings is 1. The van der Waals surface area contributed by atoms with Gasteiger partial charge in [0.2, 0.25) is 0 Å². The van der Waals surface area contributed by atoms with Crippen LogP contribution in [0.3, 0.4) is 0 Å². The van der Waals surface area contributed by atoms with Gasteiger partial charge in [-0.15, -0.1) is 0 Å². The second-order valence-electron chi connectivity index (χ2n) is 5.20. The first-order valence-corrected chi connectivity index (χ1v) is 7.29. The lowest BCUT2D eigenvalue weighted by molar-refractivity contribution is 0.412. The van der Waals surface area contributed by atoms with Crippen LogP contribution in [-0.2, 0) is 6.54 Å². The number of hydrogen-bond donors (Lipinski definition) is 1. The van der Waals surface area contributed by atoms with Crippen LogP contribution in [0.4, 0.5) is 5.82 Å². The van der Waals surface area contributed by atoms with Gasteiger partial charge in [-0.05, 0) is 26.0 Å². The van der Waals surface area contributed by atoms with Gasteiger partial charge in [0.1, 0.15) is 23.6 Å². The Morgan fingerprint density at radius 1 is 1.17 bits per heavy atom. The number of aryl methyl sites for hydroxylation is 1. The summed E-state index contributed by atoms with van der Waals surface area (Å²) in [5.74, 6) is 2.30. The van der Waals surface area contributed by atoms with Gasteiger partial charge in [0.15, 0.2) is 5.76 Å². The summed E-state index contributed by atoms with van der Waals surface area (Å²) < 4.78 is 10.6. The minimum absolute atomic E-state index is 0.533. The molecule has 0 aliphatic heterocycles. The molecule has 1 N–H and O–H groups in total. The predicted molar refractivity (Wildman–Crippen MR) is 87.3 cm³/mol. The van der Waals surface area contributed by atoms with Crippen LogP contribution in [0.2, 0.25) is 0 Å². The molecule has 3 rings (SSSR count). The number of rotatable bonds is 5. The summed E-state index contributed by atoms with van der Waals surface area (Å²) in [4.78, 5) is 8.40. The fourth-order valence-corrected chi connectivity index (χ4v) is 2.20. The molecular formula is C17H18N4O2. The molecule has 2 heterocycles. The molecule has 2 aromatic heterocycles. The molecule has 0 radical (unpaired) electrons. The SMILES string of the molecule is COc1cccc(-c2cc(CNc3ncnc(C)c3C)no2)c1. The fraction of sp³-hybridized carbons (Fsp3) is 0.235. The first-order valence-electron chi connectivity index (χ1n) is 7.29. The highest BCUT2D eigenvalue weighted by molar-refractivity contribution is 5.59. The maximum Gasteiger partial charge on any atom is 0.167 e. The largest absolute Gasteiger partial charge is 0.497 e. The van der Waals surface area contributed by atoms with E-state index in [1.807, 2.05) is 44.2 Å². The number of anilines is 1. The summed E-state index contributed by atoms with van der Waals surface area (Å²) in [7, 11) is 1.64. The molecule has 6 nitrogen and oxygen atoms in total. The first-order chi connectivity index (χ1) is 11.2. The van der Waals surface area contributed by atoms with Crippen LogP contribution in [0.25, 0.3) is 11.3 Å². The second-order valence-corrected chi connectivity index (χ2v) is 5.20. The molecule has 0 bridgehead atoms. The molecular weight excluding hydrogens is 292 g/mol. The van der Waals surface area contributed by atoms with Gasteiger partial charge >= 0.3 is 0 Å². The number of nitrogens with zero attached hydrogens (tertiary/aromatic N) is 3. The molecule has 0 unspecified atom stereocenters. The molecule has 0 aliphatic carbocycles. The van der Waals surface area contributed by atoms with E-state index >= 15 is 0 Å². The highest BCUT2D eigenvalue weighted by atomic mass is 16.5. The normalized spacial score (nSPS) is 10.6. The van der Waals surface area contributed by atoms with Crippen molar-refractivity contribution in [2.45, 2.75) is 20.4 Å². The summed E-state index contributed by atoms with van der Waals surface area (Å²) in [5.41, 5.74) is 3.72. The van der Waals surface area contributed by atoms with Gasteiger partial charge in [0.05, 0.1) is 13.7 Å². The van der Waals surface area contributed by atoms with E-state index in [4.69, 9.17) is 9.26 Å². The number of hydrogen-bond acceptors (Lipinski definition) is 6. The average Bonchev–Trinajstić information content (AvgIpc) is 3.05. The van der Waals surface area contributed by atoms with E-state index < -0.39 is 0 Å². The van der Waals surface area contributed by atoms with Crippen molar-refractivity contribution in [2.24, 2.45) is 0 Å². The maximum absolute atomic E-state index is 5.41. The lowest BCUT2D eigenvalue weighted by Crippen LogP contribution is -2.05. The Labute approximate surface area is 134 Å². The molecule has 118 valence electrons. The number of methoxy groups -OCH3 is 1. The third kappa shape index (κ3) is 3.31. The van der Waals surface area contributed by atoms with Gasteiger partial charge in [-0.2, -0.15) is 0 Å². The van der Waals surface area contributed by atoms with Crippen molar-refractivity contribution in [3.8, 4) is 17.1 Å². The van der Waals surface area contributed by atoms with E-state index in [1.54, 1.807) is 13.4 Å². The third-order valence-electron chi connectivity index (χ3n) is 3.69. The number of aromatic nitrogens is 3. The standard InChI is InChI=1S/C17H18N4O2/c1-11-12(2)19-10-20-17(11)18-9-14-8-16(23-21-14)13-5-4-6-15(7-13)22-3/h4-8,10H,9H2,1-3H3,(H,18,19,20). The Bertz CT molecular complexity index is 814. The van der Waals surface area contributed by atoms with E-state index in [0.29, 0.717) is 12.3 Å². The smallest absolute Gasteiger partial charge is 0.167 e. The highest BCUT2D eigenvalue weighted by Gasteiger charge is 2.09. The van der Waals surface area contributed by atoms with Gasteiger partial charge < -0.3 is 14.6 Å². The van der Waals surface area contributed by atoms with Crippen molar-refractivity contribution >= 4 is 5.82 Å². The summed E-state index contributed by atoms with van der Waals surface area (Å²) in [6, 6.07) is 9.59. The van der Waals surface area contributed by atoms with Crippen LogP contribution >= 0.6 is 0 Å². The number of ether oxygens (including phenoxy) is 1. The Balaban J connectivity index is 1.73. The molecule has 0 spiro atoms. The topological polar surface area (TPSA) is 73.1 Å². The quantitative estimate of drug-likeness (QED) is 0.779. The molecule has 0 saturated heterocycles. The van der Waals surface area contributed by atoms with Crippen LogP contribution in [-0.4, -0.2) is 22.2 Å².